The summed E-state index contributed by atoms with van der Waals surface area (Å²) in [6.45, 7) is 0. The monoisotopic (exact) mass is 205 g/mol. The van der Waals surface area contributed by atoms with Crippen molar-refractivity contribution in [1.29, 1.82) is 0 Å². The molecule has 0 aliphatic heterocycles. The molecule has 0 aliphatic carbocycles. The molecule has 0 fully saturated rings. The fourth-order valence-corrected chi connectivity index (χ4v) is 1.11. The van der Waals surface area contributed by atoms with E-state index in [1.165, 1.54) is 11.0 Å². The molecule has 3 nitrogen and oxygen atoms in total. The van der Waals surface area contributed by atoms with Crippen LogP contribution >= 0.6 is 0 Å². The molecule has 3 heteroatoms. The van der Waals surface area contributed by atoms with Gasteiger partial charge in [-0.25, -0.2) is 0 Å². The average molecular weight is 205 g/mol. The standard InChI is InChI=1S/C12H15NO2/c1-13(2)12(14)9-8-10-6-4-5-7-11(10)15-3/h4-9H,1-3H3. The molecule has 1 rings (SSSR count). The number of para-hydroxylation sites is 1. The lowest BCUT2D eigenvalue weighted by molar-refractivity contribution is -0.123. The minimum atomic E-state index is -0.0408. The summed E-state index contributed by atoms with van der Waals surface area (Å²) in [7, 11) is 5.05. The molecule has 0 spiro atoms. The highest BCUT2D eigenvalue weighted by molar-refractivity contribution is 5.91. The third-order valence-electron chi connectivity index (χ3n) is 1.99. The maximum Gasteiger partial charge on any atom is 0.246 e. The Kier molecular flexibility index (Phi) is 3.92. The summed E-state index contributed by atoms with van der Waals surface area (Å²) < 4.78 is 5.16. The van der Waals surface area contributed by atoms with E-state index in [4.69, 9.17) is 4.74 Å². The highest BCUT2D eigenvalue weighted by Gasteiger charge is 2.00. The van der Waals surface area contributed by atoms with E-state index >= 15 is 0 Å². The van der Waals surface area contributed by atoms with Crippen molar-refractivity contribution >= 4 is 12.0 Å². The predicted molar refractivity (Wildman–Crippen MR) is 60.7 cm³/mol. The van der Waals surface area contributed by atoms with Crippen molar-refractivity contribution in [1.82, 2.24) is 4.90 Å². The zero-order valence-electron chi connectivity index (χ0n) is 9.23. The van der Waals surface area contributed by atoms with E-state index in [-0.39, 0.29) is 5.91 Å². The summed E-state index contributed by atoms with van der Waals surface area (Å²) in [5.41, 5.74) is 0.898. The van der Waals surface area contributed by atoms with Gasteiger partial charge >= 0.3 is 0 Å². The van der Waals surface area contributed by atoms with E-state index in [0.29, 0.717) is 0 Å². The molecule has 80 valence electrons. The van der Waals surface area contributed by atoms with Crippen molar-refractivity contribution in [3.8, 4) is 5.75 Å². The number of rotatable bonds is 3. The van der Waals surface area contributed by atoms with Crippen LogP contribution in [-0.4, -0.2) is 32.0 Å². The number of carbonyl (C=O) groups excluding carboxylic acids is 1. The van der Waals surface area contributed by atoms with Gasteiger partial charge in [0.1, 0.15) is 5.75 Å². The third kappa shape index (κ3) is 3.13. The van der Waals surface area contributed by atoms with Gasteiger partial charge in [0.05, 0.1) is 7.11 Å². The molecule has 15 heavy (non-hydrogen) atoms. The van der Waals surface area contributed by atoms with Crippen LogP contribution in [0, 0.1) is 0 Å². The van der Waals surface area contributed by atoms with Crippen molar-refractivity contribution in [2.24, 2.45) is 0 Å². The van der Waals surface area contributed by atoms with Crippen LogP contribution in [0.5, 0.6) is 5.75 Å². The van der Waals surface area contributed by atoms with Crippen molar-refractivity contribution in [2.75, 3.05) is 21.2 Å². The zero-order valence-corrected chi connectivity index (χ0v) is 9.23. The summed E-state index contributed by atoms with van der Waals surface area (Å²) in [5, 5.41) is 0. The molecule has 0 heterocycles. The second-order valence-electron chi connectivity index (χ2n) is 3.31. The van der Waals surface area contributed by atoms with Gasteiger partial charge < -0.3 is 9.64 Å². The van der Waals surface area contributed by atoms with Crippen LogP contribution in [0.15, 0.2) is 30.3 Å². The Morgan fingerprint density at radius 1 is 1.33 bits per heavy atom. The summed E-state index contributed by atoms with van der Waals surface area (Å²) in [6.07, 6.45) is 3.28. The number of likely N-dealkylation sites (N-methyl/N-ethyl adjacent to an activating group) is 1. The van der Waals surface area contributed by atoms with Crippen molar-refractivity contribution in [3.05, 3.63) is 35.9 Å². The summed E-state index contributed by atoms with van der Waals surface area (Å²) in [6, 6.07) is 7.56. The summed E-state index contributed by atoms with van der Waals surface area (Å²) in [4.78, 5) is 12.8. The number of methoxy groups -OCH3 is 1. The van der Waals surface area contributed by atoms with Crippen LogP contribution in [0.3, 0.4) is 0 Å². The van der Waals surface area contributed by atoms with Crippen LogP contribution in [0.25, 0.3) is 6.08 Å². The molecule has 0 bridgehead atoms. The quantitative estimate of drug-likeness (QED) is 0.704. The van der Waals surface area contributed by atoms with Crippen molar-refractivity contribution in [2.45, 2.75) is 0 Å². The Bertz CT molecular complexity index is 370. The van der Waals surface area contributed by atoms with Gasteiger partial charge in [0.2, 0.25) is 5.91 Å². The maximum absolute atomic E-state index is 11.3. The normalized spacial score (nSPS) is 10.3. The van der Waals surface area contributed by atoms with E-state index in [9.17, 15) is 4.79 Å². The smallest absolute Gasteiger partial charge is 0.246 e. The molecule has 1 aromatic rings. The predicted octanol–water partition coefficient (Wildman–Crippen LogP) is 1.80. The van der Waals surface area contributed by atoms with Gasteiger partial charge in [0.15, 0.2) is 0 Å². The Morgan fingerprint density at radius 3 is 2.60 bits per heavy atom. The first-order valence-electron chi connectivity index (χ1n) is 4.67. The molecule has 0 unspecified atom stereocenters. The molecule has 0 radical (unpaired) electrons. The zero-order chi connectivity index (χ0) is 11.3. The minimum absolute atomic E-state index is 0.0408. The van der Waals surface area contributed by atoms with E-state index in [0.717, 1.165) is 11.3 Å². The Hall–Kier alpha value is -1.77. The van der Waals surface area contributed by atoms with Crippen LogP contribution in [0.1, 0.15) is 5.56 Å². The van der Waals surface area contributed by atoms with Gasteiger partial charge in [-0.05, 0) is 12.1 Å². The Labute approximate surface area is 90.0 Å². The van der Waals surface area contributed by atoms with Crippen LogP contribution in [0.2, 0.25) is 0 Å². The van der Waals surface area contributed by atoms with Gasteiger partial charge in [0.25, 0.3) is 0 Å². The lowest BCUT2D eigenvalue weighted by atomic mass is 10.2. The third-order valence-corrected chi connectivity index (χ3v) is 1.99. The molecular formula is C12H15NO2. The van der Waals surface area contributed by atoms with E-state index in [1.54, 1.807) is 27.3 Å². The van der Waals surface area contributed by atoms with Gasteiger partial charge in [-0.15, -0.1) is 0 Å². The highest BCUT2D eigenvalue weighted by atomic mass is 16.5. The number of amides is 1. The van der Waals surface area contributed by atoms with E-state index in [1.807, 2.05) is 24.3 Å². The van der Waals surface area contributed by atoms with Gasteiger partial charge in [-0.1, -0.05) is 18.2 Å². The van der Waals surface area contributed by atoms with Crippen molar-refractivity contribution < 1.29 is 9.53 Å². The topological polar surface area (TPSA) is 29.5 Å². The van der Waals surface area contributed by atoms with Crippen LogP contribution in [-0.2, 0) is 4.79 Å². The largest absolute Gasteiger partial charge is 0.496 e. The molecule has 0 saturated heterocycles. The lowest BCUT2D eigenvalue weighted by Gasteiger charge is -2.06. The number of benzene rings is 1. The first-order chi connectivity index (χ1) is 7.15. The molecule has 1 amide bonds. The van der Waals surface area contributed by atoms with Crippen molar-refractivity contribution in [3.63, 3.8) is 0 Å². The fourth-order valence-electron chi connectivity index (χ4n) is 1.11. The van der Waals surface area contributed by atoms with Gasteiger partial charge in [0, 0.05) is 25.7 Å². The second-order valence-corrected chi connectivity index (χ2v) is 3.31. The summed E-state index contributed by atoms with van der Waals surface area (Å²) in [5.74, 6) is 0.723. The van der Waals surface area contributed by atoms with Crippen LogP contribution in [0.4, 0.5) is 0 Å². The SMILES string of the molecule is COc1ccccc1C=CC(=O)N(C)C. The van der Waals surface area contributed by atoms with E-state index < -0.39 is 0 Å². The molecule has 0 atom stereocenters. The maximum atomic E-state index is 11.3. The van der Waals surface area contributed by atoms with E-state index in [2.05, 4.69) is 0 Å². The molecule has 0 aromatic heterocycles. The Morgan fingerprint density at radius 2 is 2.00 bits per heavy atom. The number of hydrogen-bond acceptors (Lipinski definition) is 2. The molecule has 0 aliphatic rings. The lowest BCUT2D eigenvalue weighted by Crippen LogP contribution is -2.18. The minimum Gasteiger partial charge on any atom is -0.496 e. The molecular weight excluding hydrogens is 190 g/mol. The fraction of sp³-hybridized carbons (Fsp3) is 0.250. The molecule has 0 saturated carbocycles. The number of ether oxygens (including phenoxy) is 1. The van der Waals surface area contributed by atoms with Gasteiger partial charge in [-0.2, -0.15) is 0 Å². The first kappa shape index (κ1) is 11.3. The molecule has 0 N–H and O–H groups in total. The highest BCUT2D eigenvalue weighted by Crippen LogP contribution is 2.18. The average Bonchev–Trinajstić information content (AvgIpc) is 2.26. The number of carbonyl (C=O) groups is 1. The van der Waals surface area contributed by atoms with Gasteiger partial charge in [-0.3, -0.25) is 4.79 Å². The number of hydrogen-bond donors (Lipinski definition) is 0. The first-order valence-corrected chi connectivity index (χ1v) is 4.67. The number of nitrogens with zero attached hydrogens (tertiary/aromatic N) is 1. The summed E-state index contributed by atoms with van der Waals surface area (Å²) >= 11 is 0. The molecule has 1 aromatic carbocycles. The Balaban J connectivity index is 2.84. The van der Waals surface area contributed by atoms with Crippen LogP contribution < -0.4 is 4.74 Å². The second kappa shape index (κ2) is 5.20.